The Morgan fingerprint density at radius 2 is 1.73 bits per heavy atom. The number of hydrogen-bond donors (Lipinski definition) is 2. The van der Waals surface area contributed by atoms with Crippen molar-refractivity contribution >= 4 is 18.0 Å². The molecule has 33 heavy (non-hydrogen) atoms. The molecule has 0 saturated carbocycles. The summed E-state index contributed by atoms with van der Waals surface area (Å²) in [7, 11) is 0. The fourth-order valence-electron chi connectivity index (χ4n) is 4.97. The van der Waals surface area contributed by atoms with Crippen molar-refractivity contribution in [1.82, 2.24) is 10.2 Å². The lowest BCUT2D eigenvalue weighted by atomic mass is 9.98. The number of fused-ring (bicyclic) bond motifs is 3. The van der Waals surface area contributed by atoms with Crippen LogP contribution in [-0.4, -0.2) is 53.2 Å². The van der Waals surface area contributed by atoms with Crippen LogP contribution in [-0.2, 0) is 14.3 Å². The number of carboxylic acid groups (broad SMARTS) is 1. The van der Waals surface area contributed by atoms with Crippen LogP contribution in [0, 0.1) is 0 Å². The van der Waals surface area contributed by atoms with E-state index in [9.17, 15) is 14.4 Å². The highest BCUT2D eigenvalue weighted by molar-refractivity contribution is 5.79. The molecule has 2 aliphatic rings. The number of nitrogens with zero attached hydrogens (tertiary/aromatic N) is 1. The number of carbonyl (C=O) groups excluding carboxylic acids is 2. The summed E-state index contributed by atoms with van der Waals surface area (Å²) in [5, 5.41) is 11.8. The summed E-state index contributed by atoms with van der Waals surface area (Å²) < 4.78 is 5.57. The molecule has 2 unspecified atom stereocenters. The molecule has 2 atom stereocenters. The first-order valence-corrected chi connectivity index (χ1v) is 11.6. The van der Waals surface area contributed by atoms with Crippen LogP contribution in [0.4, 0.5) is 4.79 Å². The van der Waals surface area contributed by atoms with E-state index in [1.807, 2.05) is 31.2 Å². The van der Waals surface area contributed by atoms with Crippen molar-refractivity contribution in [1.29, 1.82) is 0 Å². The zero-order valence-corrected chi connectivity index (χ0v) is 18.8. The van der Waals surface area contributed by atoms with E-state index < -0.39 is 12.1 Å². The molecule has 0 radical (unpaired) electrons. The minimum absolute atomic E-state index is 0.00127. The van der Waals surface area contributed by atoms with Gasteiger partial charge in [-0.25, -0.2) is 4.79 Å². The fourth-order valence-corrected chi connectivity index (χ4v) is 4.97. The summed E-state index contributed by atoms with van der Waals surface area (Å²) in [6, 6.07) is 15.9. The Kier molecular flexibility index (Phi) is 6.96. The van der Waals surface area contributed by atoms with E-state index >= 15 is 0 Å². The maximum Gasteiger partial charge on any atom is 0.407 e. The molecule has 1 aliphatic heterocycles. The normalized spacial score (nSPS) is 17.8. The number of nitrogens with one attached hydrogen (secondary N) is 1. The van der Waals surface area contributed by atoms with Crippen molar-refractivity contribution in [2.24, 2.45) is 0 Å². The van der Waals surface area contributed by atoms with Gasteiger partial charge in [0.05, 0.1) is 6.42 Å². The second-order valence-electron chi connectivity index (χ2n) is 8.89. The second-order valence-corrected chi connectivity index (χ2v) is 8.89. The molecule has 174 valence electrons. The van der Waals surface area contributed by atoms with Crippen molar-refractivity contribution in [3.05, 3.63) is 59.7 Å². The quantitative estimate of drug-likeness (QED) is 0.630. The summed E-state index contributed by atoms with van der Waals surface area (Å²) in [5.41, 5.74) is 4.67. The highest BCUT2D eigenvalue weighted by atomic mass is 16.5. The smallest absolute Gasteiger partial charge is 0.407 e. The number of benzene rings is 2. The lowest BCUT2D eigenvalue weighted by molar-refractivity contribution is -0.140. The standard InChI is InChI=1S/C26H30N2O5/c1-17(12-13-24(29)28-14-6-7-18(28)15-25(30)31)27-26(32)33-16-23-21-10-4-2-8-19(21)20-9-3-5-11-22(20)23/h2-5,8-11,17-18,23H,6-7,12-16H2,1H3,(H,27,32)(H,30,31). The summed E-state index contributed by atoms with van der Waals surface area (Å²) >= 11 is 0. The maximum atomic E-state index is 12.5. The van der Waals surface area contributed by atoms with E-state index in [-0.39, 0.29) is 43.4 Å². The van der Waals surface area contributed by atoms with Gasteiger partial charge in [-0.2, -0.15) is 0 Å². The number of likely N-dealkylation sites (tertiary alicyclic amines) is 1. The van der Waals surface area contributed by atoms with Crippen molar-refractivity contribution in [3.8, 4) is 11.1 Å². The number of aliphatic carboxylic acids is 1. The van der Waals surface area contributed by atoms with Gasteiger partial charge < -0.3 is 20.1 Å². The molecular weight excluding hydrogens is 420 g/mol. The molecule has 7 heteroatoms. The van der Waals surface area contributed by atoms with Gasteiger partial charge in [0, 0.05) is 31.0 Å². The first-order valence-electron chi connectivity index (χ1n) is 11.6. The number of ether oxygens (including phenoxy) is 1. The predicted octanol–water partition coefficient (Wildman–Crippen LogP) is 4.16. The van der Waals surface area contributed by atoms with Crippen LogP contribution in [0.3, 0.4) is 0 Å². The topological polar surface area (TPSA) is 95.9 Å². The first kappa shape index (κ1) is 22.8. The molecule has 2 aromatic carbocycles. The van der Waals surface area contributed by atoms with Gasteiger partial charge in [0.25, 0.3) is 0 Å². The number of alkyl carbamates (subject to hydrolysis) is 1. The van der Waals surface area contributed by atoms with Crippen molar-refractivity contribution < 1.29 is 24.2 Å². The van der Waals surface area contributed by atoms with Gasteiger partial charge in [-0.3, -0.25) is 9.59 Å². The lowest BCUT2D eigenvalue weighted by Crippen LogP contribution is -2.38. The first-order chi connectivity index (χ1) is 15.9. The minimum Gasteiger partial charge on any atom is -0.481 e. The Labute approximate surface area is 193 Å². The summed E-state index contributed by atoms with van der Waals surface area (Å²) in [6.45, 7) is 2.69. The molecule has 1 saturated heterocycles. The van der Waals surface area contributed by atoms with Crippen LogP contribution in [0.2, 0.25) is 0 Å². The number of carboxylic acids is 1. The van der Waals surface area contributed by atoms with Gasteiger partial charge in [-0.15, -0.1) is 0 Å². The molecule has 2 aromatic rings. The zero-order chi connectivity index (χ0) is 23.4. The van der Waals surface area contributed by atoms with Crippen LogP contribution >= 0.6 is 0 Å². The van der Waals surface area contributed by atoms with E-state index in [1.54, 1.807) is 4.90 Å². The number of rotatable bonds is 8. The van der Waals surface area contributed by atoms with E-state index in [4.69, 9.17) is 9.84 Å². The molecule has 2 amide bonds. The largest absolute Gasteiger partial charge is 0.481 e. The molecule has 4 rings (SSSR count). The molecule has 1 aliphatic carbocycles. The van der Waals surface area contributed by atoms with E-state index in [2.05, 4.69) is 29.6 Å². The monoisotopic (exact) mass is 450 g/mol. The van der Waals surface area contributed by atoms with Crippen LogP contribution < -0.4 is 5.32 Å². The Hall–Kier alpha value is -3.35. The van der Waals surface area contributed by atoms with Gasteiger partial charge in [0.1, 0.15) is 6.61 Å². The summed E-state index contributed by atoms with van der Waals surface area (Å²) in [4.78, 5) is 37.6. The van der Waals surface area contributed by atoms with Crippen LogP contribution in [0.5, 0.6) is 0 Å². The predicted molar refractivity (Wildman–Crippen MR) is 124 cm³/mol. The Balaban J connectivity index is 1.26. The van der Waals surface area contributed by atoms with Gasteiger partial charge in [0.15, 0.2) is 0 Å². The number of carbonyl (C=O) groups is 3. The lowest BCUT2D eigenvalue weighted by Gasteiger charge is -2.24. The van der Waals surface area contributed by atoms with E-state index in [0.29, 0.717) is 13.0 Å². The highest BCUT2D eigenvalue weighted by Crippen LogP contribution is 2.44. The summed E-state index contributed by atoms with van der Waals surface area (Å²) in [6.07, 6.45) is 1.78. The van der Waals surface area contributed by atoms with E-state index in [0.717, 1.165) is 24.0 Å². The van der Waals surface area contributed by atoms with Gasteiger partial charge in [0.2, 0.25) is 5.91 Å². The van der Waals surface area contributed by atoms with Gasteiger partial charge in [-0.05, 0) is 48.4 Å². The van der Waals surface area contributed by atoms with Crippen molar-refractivity contribution in [3.63, 3.8) is 0 Å². The van der Waals surface area contributed by atoms with Crippen LogP contribution in [0.25, 0.3) is 11.1 Å². The number of hydrogen-bond acceptors (Lipinski definition) is 4. The molecule has 0 bridgehead atoms. The third-order valence-electron chi connectivity index (χ3n) is 6.61. The minimum atomic E-state index is -0.884. The van der Waals surface area contributed by atoms with Gasteiger partial charge in [-0.1, -0.05) is 48.5 Å². The van der Waals surface area contributed by atoms with E-state index in [1.165, 1.54) is 11.1 Å². The zero-order valence-electron chi connectivity index (χ0n) is 18.8. The Morgan fingerprint density at radius 3 is 2.36 bits per heavy atom. The average Bonchev–Trinajstić information content (AvgIpc) is 3.38. The van der Waals surface area contributed by atoms with Crippen LogP contribution in [0.1, 0.15) is 56.1 Å². The third kappa shape index (κ3) is 5.18. The van der Waals surface area contributed by atoms with Crippen molar-refractivity contribution in [2.45, 2.75) is 57.0 Å². The molecule has 1 fully saturated rings. The second kappa shape index (κ2) is 10.1. The average molecular weight is 451 g/mol. The molecule has 2 N–H and O–H groups in total. The molecule has 1 heterocycles. The molecule has 0 aromatic heterocycles. The Bertz CT molecular complexity index is 991. The van der Waals surface area contributed by atoms with Gasteiger partial charge >= 0.3 is 12.1 Å². The summed E-state index contributed by atoms with van der Waals surface area (Å²) in [5.74, 6) is -0.939. The Morgan fingerprint density at radius 1 is 1.09 bits per heavy atom. The SMILES string of the molecule is CC(CCC(=O)N1CCCC1CC(=O)O)NC(=O)OCC1c2ccccc2-c2ccccc21. The van der Waals surface area contributed by atoms with Crippen molar-refractivity contribution in [2.75, 3.05) is 13.2 Å². The molecular formula is C26H30N2O5. The maximum absolute atomic E-state index is 12.5. The van der Waals surface area contributed by atoms with Crippen LogP contribution in [0.15, 0.2) is 48.5 Å². The number of amides is 2. The molecule has 7 nitrogen and oxygen atoms in total. The molecule has 0 spiro atoms. The highest BCUT2D eigenvalue weighted by Gasteiger charge is 2.31. The third-order valence-corrected chi connectivity index (χ3v) is 6.61. The fraction of sp³-hybridized carbons (Fsp3) is 0.423.